The van der Waals surface area contributed by atoms with Gasteiger partial charge >= 0.3 is 0 Å². The number of rotatable bonds is 5. The highest BCUT2D eigenvalue weighted by molar-refractivity contribution is 6.31. The second-order valence-corrected chi connectivity index (χ2v) is 7.45. The number of carbonyl (C=O) groups is 1. The van der Waals surface area contributed by atoms with Gasteiger partial charge in [-0.05, 0) is 35.4 Å². The van der Waals surface area contributed by atoms with Crippen LogP contribution in [0, 0.1) is 17.5 Å². The fourth-order valence-corrected chi connectivity index (χ4v) is 3.47. The zero-order valence-electron chi connectivity index (χ0n) is 16.0. The van der Waals surface area contributed by atoms with Crippen LogP contribution in [0.3, 0.4) is 0 Å². The molecule has 2 aromatic heterocycles. The molecule has 32 heavy (non-hydrogen) atoms. The van der Waals surface area contributed by atoms with E-state index in [4.69, 9.17) is 27.7 Å². The fourth-order valence-electron chi connectivity index (χ4n) is 3.08. The van der Waals surface area contributed by atoms with Crippen molar-refractivity contribution in [2.24, 2.45) is 0 Å². The van der Waals surface area contributed by atoms with Crippen molar-refractivity contribution in [3.63, 3.8) is 0 Å². The summed E-state index contributed by atoms with van der Waals surface area (Å²) in [6.45, 7) is 0. The van der Waals surface area contributed by atoms with E-state index < -0.39 is 33.9 Å². The quantitative estimate of drug-likeness (QED) is 0.270. The third-order valence-electron chi connectivity index (χ3n) is 4.58. The van der Waals surface area contributed by atoms with Crippen LogP contribution < -0.4 is 5.32 Å². The van der Waals surface area contributed by atoms with E-state index in [2.05, 4.69) is 15.5 Å². The molecule has 0 unspecified atom stereocenters. The topological polar surface area (TPSA) is 68.0 Å². The lowest BCUT2D eigenvalue weighted by molar-refractivity contribution is -0.115. The largest absolute Gasteiger partial charge is 0.337 e. The Labute approximate surface area is 189 Å². The summed E-state index contributed by atoms with van der Waals surface area (Å²) in [4.78, 5) is 16.5. The van der Waals surface area contributed by atoms with Crippen molar-refractivity contribution < 1.29 is 22.5 Å². The van der Waals surface area contributed by atoms with E-state index in [0.29, 0.717) is 16.1 Å². The summed E-state index contributed by atoms with van der Waals surface area (Å²) in [5.74, 6) is -5.37. The van der Waals surface area contributed by atoms with Crippen molar-refractivity contribution in [3.8, 4) is 22.4 Å². The molecular formula is C22H12Cl2F3N3O2. The molecule has 0 saturated carbocycles. The standard InChI is InChI=1S/C22H12Cl2F3N3O2/c23-14-4-2-1-3-12(14)9-16(31)29-22-17(11-5-7-28-8-6-11)21(30-32-22)13-10-15(24)19(26)20(27)18(13)25/h1-8,10H,9H2,(H,29,31). The summed E-state index contributed by atoms with van der Waals surface area (Å²) < 4.78 is 47.4. The maximum atomic E-state index is 14.6. The molecule has 0 radical (unpaired) electrons. The summed E-state index contributed by atoms with van der Waals surface area (Å²) in [6, 6.07) is 10.8. The van der Waals surface area contributed by atoms with Crippen LogP contribution in [0.25, 0.3) is 22.4 Å². The minimum Gasteiger partial charge on any atom is -0.337 e. The van der Waals surface area contributed by atoms with Gasteiger partial charge < -0.3 is 4.52 Å². The Morgan fingerprint density at radius 3 is 2.41 bits per heavy atom. The number of hydrogen-bond acceptors (Lipinski definition) is 4. The van der Waals surface area contributed by atoms with E-state index in [0.717, 1.165) is 6.07 Å². The van der Waals surface area contributed by atoms with Crippen molar-refractivity contribution in [2.45, 2.75) is 6.42 Å². The molecule has 0 saturated heterocycles. The average molecular weight is 478 g/mol. The lowest BCUT2D eigenvalue weighted by atomic mass is 10.0. The molecule has 10 heteroatoms. The van der Waals surface area contributed by atoms with Crippen LogP contribution in [-0.2, 0) is 11.2 Å². The number of hydrogen-bond donors (Lipinski definition) is 1. The van der Waals surface area contributed by atoms with Gasteiger partial charge in [0.15, 0.2) is 17.5 Å². The van der Waals surface area contributed by atoms with E-state index in [9.17, 15) is 18.0 Å². The molecule has 0 spiro atoms. The summed E-state index contributed by atoms with van der Waals surface area (Å²) in [5, 5.41) is 6.13. The van der Waals surface area contributed by atoms with Gasteiger partial charge in [0.2, 0.25) is 11.8 Å². The Bertz CT molecular complexity index is 1310. The average Bonchev–Trinajstić information content (AvgIpc) is 3.20. The van der Waals surface area contributed by atoms with E-state index >= 15 is 0 Å². The molecule has 4 rings (SSSR count). The third-order valence-corrected chi connectivity index (χ3v) is 5.22. The molecular weight excluding hydrogens is 466 g/mol. The Balaban J connectivity index is 1.78. The van der Waals surface area contributed by atoms with Crippen LogP contribution in [-0.4, -0.2) is 16.0 Å². The number of carbonyl (C=O) groups excluding carboxylic acids is 1. The lowest BCUT2D eigenvalue weighted by Crippen LogP contribution is -2.14. The third kappa shape index (κ3) is 4.19. The van der Waals surface area contributed by atoms with Crippen LogP contribution in [0.1, 0.15) is 5.56 Å². The van der Waals surface area contributed by atoms with Gasteiger partial charge in [-0.25, -0.2) is 13.2 Å². The number of aromatic nitrogens is 2. The smallest absolute Gasteiger partial charge is 0.239 e. The van der Waals surface area contributed by atoms with Gasteiger partial charge in [0, 0.05) is 23.0 Å². The molecule has 0 aliphatic carbocycles. The minimum absolute atomic E-state index is 0.0726. The first kappa shape index (κ1) is 21.9. The fraction of sp³-hybridized carbons (Fsp3) is 0.0455. The molecule has 1 N–H and O–H groups in total. The molecule has 1 amide bonds. The summed E-state index contributed by atoms with van der Waals surface area (Å²) in [6.07, 6.45) is 2.84. The highest BCUT2D eigenvalue weighted by Gasteiger charge is 2.27. The highest BCUT2D eigenvalue weighted by Crippen LogP contribution is 2.40. The predicted molar refractivity (Wildman–Crippen MR) is 114 cm³/mol. The van der Waals surface area contributed by atoms with E-state index in [1.54, 1.807) is 36.4 Å². The Morgan fingerprint density at radius 1 is 0.969 bits per heavy atom. The summed E-state index contributed by atoms with van der Waals surface area (Å²) in [5.41, 5.74) is 0.541. The lowest BCUT2D eigenvalue weighted by Gasteiger charge is -2.08. The van der Waals surface area contributed by atoms with Crippen molar-refractivity contribution in [1.29, 1.82) is 0 Å². The number of benzene rings is 2. The molecule has 2 aromatic carbocycles. The Hall–Kier alpha value is -3.36. The van der Waals surface area contributed by atoms with Crippen molar-refractivity contribution in [1.82, 2.24) is 10.1 Å². The van der Waals surface area contributed by atoms with Crippen molar-refractivity contribution >= 4 is 35.0 Å². The normalized spacial score (nSPS) is 10.9. The zero-order valence-corrected chi connectivity index (χ0v) is 17.5. The van der Waals surface area contributed by atoms with Crippen LogP contribution in [0.15, 0.2) is 59.4 Å². The number of anilines is 1. The SMILES string of the molecule is O=C(Cc1ccccc1Cl)Nc1onc(-c2cc(Cl)c(F)c(F)c2F)c1-c1ccncc1. The van der Waals surface area contributed by atoms with Gasteiger partial charge in [0.25, 0.3) is 0 Å². The first-order chi connectivity index (χ1) is 15.4. The monoisotopic (exact) mass is 477 g/mol. The van der Waals surface area contributed by atoms with Crippen LogP contribution in [0.2, 0.25) is 10.0 Å². The van der Waals surface area contributed by atoms with Crippen LogP contribution in [0.5, 0.6) is 0 Å². The molecule has 0 aliphatic heterocycles. The number of pyridine rings is 1. The van der Waals surface area contributed by atoms with Crippen LogP contribution >= 0.6 is 23.2 Å². The van der Waals surface area contributed by atoms with Gasteiger partial charge in [0.05, 0.1) is 17.0 Å². The Morgan fingerprint density at radius 2 is 1.69 bits per heavy atom. The highest BCUT2D eigenvalue weighted by atomic mass is 35.5. The molecule has 4 aromatic rings. The molecule has 0 fully saturated rings. The van der Waals surface area contributed by atoms with Gasteiger partial charge in [-0.15, -0.1) is 0 Å². The van der Waals surface area contributed by atoms with Gasteiger partial charge in [-0.2, -0.15) is 0 Å². The van der Waals surface area contributed by atoms with Crippen LogP contribution in [0.4, 0.5) is 19.1 Å². The molecule has 0 aliphatic rings. The minimum atomic E-state index is -1.75. The van der Waals surface area contributed by atoms with Gasteiger partial charge in [0.1, 0.15) is 5.69 Å². The Kier molecular flexibility index (Phi) is 6.16. The maximum absolute atomic E-state index is 14.6. The molecule has 5 nitrogen and oxygen atoms in total. The number of nitrogens with zero attached hydrogens (tertiary/aromatic N) is 2. The second-order valence-electron chi connectivity index (χ2n) is 6.64. The predicted octanol–water partition coefficient (Wildman–Crippen LogP) is 6.31. The molecule has 0 atom stereocenters. The zero-order chi connectivity index (χ0) is 22.8. The first-order valence-corrected chi connectivity index (χ1v) is 9.89. The number of amides is 1. The van der Waals surface area contributed by atoms with Crippen molar-refractivity contribution in [3.05, 3.63) is 87.9 Å². The summed E-state index contributed by atoms with van der Waals surface area (Å²) >= 11 is 11.8. The van der Waals surface area contributed by atoms with Crippen molar-refractivity contribution in [2.75, 3.05) is 5.32 Å². The van der Waals surface area contributed by atoms with E-state index in [1.165, 1.54) is 12.4 Å². The number of halogens is 5. The van der Waals surface area contributed by atoms with Gasteiger partial charge in [-0.3, -0.25) is 15.1 Å². The molecule has 0 bridgehead atoms. The summed E-state index contributed by atoms with van der Waals surface area (Å²) in [7, 11) is 0. The van der Waals surface area contributed by atoms with E-state index in [-0.39, 0.29) is 23.6 Å². The maximum Gasteiger partial charge on any atom is 0.239 e. The molecule has 162 valence electrons. The van der Waals surface area contributed by atoms with Gasteiger partial charge in [-0.1, -0.05) is 46.6 Å². The number of nitrogens with one attached hydrogen (secondary N) is 1. The first-order valence-electron chi connectivity index (χ1n) is 9.13. The molecule has 2 heterocycles. The van der Waals surface area contributed by atoms with E-state index in [1.807, 2.05) is 0 Å². The second kappa shape index (κ2) is 9.02.